The maximum Gasteiger partial charge on any atom is 0.416 e. The third-order valence-electron chi connectivity index (χ3n) is 7.26. The zero-order valence-electron chi connectivity index (χ0n) is 16.7. The molecule has 3 heteroatoms. The third-order valence-corrected chi connectivity index (χ3v) is 7.26. The van der Waals surface area contributed by atoms with Crippen molar-refractivity contribution in [3.63, 3.8) is 0 Å². The Labute approximate surface area is 162 Å². The van der Waals surface area contributed by atoms with Gasteiger partial charge in [0.05, 0.1) is 5.56 Å². The Morgan fingerprint density at radius 1 is 0.778 bits per heavy atom. The first-order valence-electron chi connectivity index (χ1n) is 11.1. The van der Waals surface area contributed by atoms with Crippen molar-refractivity contribution in [2.45, 2.75) is 96.1 Å². The molecule has 0 aliphatic heterocycles. The van der Waals surface area contributed by atoms with Crippen molar-refractivity contribution < 1.29 is 13.2 Å². The fourth-order valence-electron chi connectivity index (χ4n) is 5.50. The molecule has 27 heavy (non-hydrogen) atoms. The predicted molar refractivity (Wildman–Crippen MR) is 106 cm³/mol. The number of hydrogen-bond acceptors (Lipinski definition) is 0. The van der Waals surface area contributed by atoms with Gasteiger partial charge in [0.1, 0.15) is 0 Å². The van der Waals surface area contributed by atoms with Gasteiger partial charge in [-0.05, 0) is 79.9 Å². The minimum atomic E-state index is -4.23. The summed E-state index contributed by atoms with van der Waals surface area (Å²) in [5.74, 6) is 3.18. The van der Waals surface area contributed by atoms with Gasteiger partial charge in [0.15, 0.2) is 0 Å². The summed E-state index contributed by atoms with van der Waals surface area (Å²) in [4.78, 5) is 0. The second-order valence-electron chi connectivity index (χ2n) is 9.01. The van der Waals surface area contributed by atoms with Crippen LogP contribution in [-0.2, 0) is 6.18 Å². The Balaban J connectivity index is 1.43. The Bertz CT molecular complexity index is 544. The molecule has 0 unspecified atom stereocenters. The lowest BCUT2D eigenvalue weighted by Crippen LogP contribution is -2.25. The Morgan fingerprint density at radius 3 is 1.85 bits per heavy atom. The van der Waals surface area contributed by atoms with Crippen molar-refractivity contribution in [1.82, 2.24) is 0 Å². The molecular formula is C24H35F3. The van der Waals surface area contributed by atoms with Crippen molar-refractivity contribution in [3.05, 3.63) is 35.4 Å². The highest BCUT2D eigenvalue weighted by atomic mass is 19.4. The third kappa shape index (κ3) is 5.74. The van der Waals surface area contributed by atoms with Crippen LogP contribution in [0.1, 0.15) is 101 Å². The number of halogens is 3. The van der Waals surface area contributed by atoms with Gasteiger partial charge < -0.3 is 0 Å². The van der Waals surface area contributed by atoms with E-state index in [2.05, 4.69) is 6.92 Å². The standard InChI is InChI=1S/C24H35F3/c1-2-3-4-5-18-6-8-19(9-7-18)20-10-12-21(13-11-20)22-14-16-23(17-15-22)24(25,26)27/h14-21H,2-13H2,1H3/t18-,19-,20-,21-. The molecule has 152 valence electrons. The molecule has 0 N–H and O–H groups in total. The van der Waals surface area contributed by atoms with Gasteiger partial charge in [-0.25, -0.2) is 0 Å². The predicted octanol–water partition coefficient (Wildman–Crippen LogP) is 8.37. The summed E-state index contributed by atoms with van der Waals surface area (Å²) in [5, 5.41) is 0. The molecule has 0 bridgehead atoms. The van der Waals surface area contributed by atoms with Gasteiger partial charge in [-0.1, -0.05) is 57.6 Å². The summed E-state index contributed by atoms with van der Waals surface area (Å²) >= 11 is 0. The van der Waals surface area contributed by atoms with Gasteiger partial charge in [-0.3, -0.25) is 0 Å². The van der Waals surface area contributed by atoms with Crippen LogP contribution in [0.4, 0.5) is 13.2 Å². The first kappa shape index (κ1) is 20.7. The zero-order chi connectivity index (χ0) is 19.3. The minimum Gasteiger partial charge on any atom is -0.166 e. The Hall–Kier alpha value is -0.990. The van der Waals surface area contributed by atoms with Crippen LogP contribution in [0.2, 0.25) is 0 Å². The van der Waals surface area contributed by atoms with Crippen molar-refractivity contribution in [3.8, 4) is 0 Å². The average molecular weight is 381 g/mol. The monoisotopic (exact) mass is 380 g/mol. The first-order valence-corrected chi connectivity index (χ1v) is 11.1. The Kier molecular flexibility index (Phi) is 7.28. The molecule has 0 heterocycles. The largest absolute Gasteiger partial charge is 0.416 e. The van der Waals surface area contributed by atoms with Gasteiger partial charge in [0.25, 0.3) is 0 Å². The second kappa shape index (κ2) is 9.47. The van der Waals surface area contributed by atoms with Gasteiger partial charge in [0, 0.05) is 0 Å². The Morgan fingerprint density at radius 2 is 1.33 bits per heavy atom. The summed E-state index contributed by atoms with van der Waals surface area (Å²) in [5.41, 5.74) is 0.566. The van der Waals surface area contributed by atoms with Crippen molar-refractivity contribution in [1.29, 1.82) is 0 Å². The second-order valence-corrected chi connectivity index (χ2v) is 9.01. The minimum absolute atomic E-state index is 0.453. The molecule has 1 aromatic carbocycles. The van der Waals surface area contributed by atoms with E-state index >= 15 is 0 Å². The molecule has 0 nitrogen and oxygen atoms in total. The van der Waals surface area contributed by atoms with Crippen LogP contribution in [0.3, 0.4) is 0 Å². The van der Waals surface area contributed by atoms with E-state index in [0.717, 1.165) is 36.2 Å². The van der Waals surface area contributed by atoms with Crippen LogP contribution in [0, 0.1) is 17.8 Å². The molecule has 2 saturated carbocycles. The van der Waals surface area contributed by atoms with Crippen molar-refractivity contribution >= 4 is 0 Å². The number of alkyl halides is 3. The summed E-state index contributed by atoms with van der Waals surface area (Å²) in [6, 6.07) is 5.91. The van der Waals surface area contributed by atoms with E-state index in [-0.39, 0.29) is 0 Å². The van der Waals surface area contributed by atoms with Gasteiger partial charge in [0.2, 0.25) is 0 Å². The summed E-state index contributed by atoms with van der Waals surface area (Å²) < 4.78 is 38.2. The normalized spacial score (nSPS) is 29.6. The molecule has 0 amide bonds. The zero-order valence-corrected chi connectivity index (χ0v) is 16.7. The topological polar surface area (TPSA) is 0 Å². The van der Waals surface area contributed by atoms with E-state index in [1.807, 2.05) is 0 Å². The van der Waals surface area contributed by atoms with Gasteiger partial charge >= 0.3 is 6.18 Å². The van der Waals surface area contributed by atoms with Crippen LogP contribution in [0.15, 0.2) is 24.3 Å². The van der Waals surface area contributed by atoms with Gasteiger partial charge in [-0.2, -0.15) is 13.2 Å². The molecule has 2 aliphatic carbocycles. The maximum atomic E-state index is 12.7. The lowest BCUT2D eigenvalue weighted by atomic mass is 9.68. The lowest BCUT2D eigenvalue weighted by molar-refractivity contribution is -0.137. The van der Waals surface area contributed by atoms with Crippen LogP contribution < -0.4 is 0 Å². The van der Waals surface area contributed by atoms with Crippen molar-refractivity contribution in [2.75, 3.05) is 0 Å². The number of hydrogen-bond donors (Lipinski definition) is 0. The van der Waals surface area contributed by atoms with Gasteiger partial charge in [-0.15, -0.1) is 0 Å². The molecule has 0 spiro atoms. The molecule has 0 saturated heterocycles. The molecule has 2 aliphatic rings. The summed E-state index contributed by atoms with van der Waals surface area (Å²) in [6.45, 7) is 2.28. The molecular weight excluding hydrogens is 345 g/mol. The highest BCUT2D eigenvalue weighted by Crippen LogP contribution is 2.44. The SMILES string of the molecule is CCCCC[C@H]1CC[C@H]([C@H]2CC[C@H](c3ccc(C(F)(F)F)cc3)CC2)CC1. The van der Waals surface area contributed by atoms with E-state index in [0.29, 0.717) is 5.92 Å². The fraction of sp³-hybridized carbons (Fsp3) is 0.750. The number of unbranched alkanes of at least 4 members (excludes halogenated alkanes) is 2. The maximum absolute atomic E-state index is 12.7. The van der Waals surface area contributed by atoms with E-state index in [1.165, 1.54) is 76.3 Å². The number of rotatable bonds is 6. The van der Waals surface area contributed by atoms with E-state index in [1.54, 1.807) is 12.1 Å². The smallest absolute Gasteiger partial charge is 0.166 e. The molecule has 0 aromatic heterocycles. The summed E-state index contributed by atoms with van der Waals surface area (Å²) in [6.07, 6.45) is 11.8. The molecule has 3 rings (SSSR count). The quantitative estimate of drug-likeness (QED) is 0.435. The van der Waals surface area contributed by atoms with E-state index in [9.17, 15) is 13.2 Å². The number of benzene rings is 1. The van der Waals surface area contributed by atoms with Crippen molar-refractivity contribution in [2.24, 2.45) is 17.8 Å². The molecule has 0 atom stereocenters. The lowest BCUT2D eigenvalue weighted by Gasteiger charge is -2.38. The average Bonchev–Trinajstić information content (AvgIpc) is 2.68. The fourth-order valence-corrected chi connectivity index (χ4v) is 5.50. The van der Waals surface area contributed by atoms with E-state index < -0.39 is 11.7 Å². The van der Waals surface area contributed by atoms with Crippen LogP contribution in [0.25, 0.3) is 0 Å². The highest BCUT2D eigenvalue weighted by molar-refractivity contribution is 5.27. The van der Waals surface area contributed by atoms with Crippen LogP contribution >= 0.6 is 0 Å². The first-order chi connectivity index (χ1) is 13.0. The van der Waals surface area contributed by atoms with Crippen LogP contribution in [-0.4, -0.2) is 0 Å². The van der Waals surface area contributed by atoms with Crippen LogP contribution in [0.5, 0.6) is 0 Å². The molecule has 2 fully saturated rings. The highest BCUT2D eigenvalue weighted by Gasteiger charge is 2.32. The molecule has 0 radical (unpaired) electrons. The van der Waals surface area contributed by atoms with E-state index in [4.69, 9.17) is 0 Å². The molecule has 1 aromatic rings. The summed E-state index contributed by atoms with van der Waals surface area (Å²) in [7, 11) is 0.